The summed E-state index contributed by atoms with van der Waals surface area (Å²) in [6, 6.07) is 0. The molecule has 76 valence electrons. The van der Waals surface area contributed by atoms with E-state index in [1.807, 2.05) is 13.8 Å². The third-order valence-electron chi connectivity index (χ3n) is 1.70. The van der Waals surface area contributed by atoms with Gasteiger partial charge in [0, 0.05) is 24.8 Å². The fraction of sp³-hybridized carbons (Fsp3) is 0.200. The molecule has 0 spiro atoms. The van der Waals surface area contributed by atoms with Gasteiger partial charge in [-0.3, -0.25) is 0 Å². The largest absolute Gasteiger partial charge is 0.230 e. The van der Waals surface area contributed by atoms with Crippen molar-refractivity contribution in [1.82, 2.24) is 19.9 Å². The van der Waals surface area contributed by atoms with Gasteiger partial charge in [0.1, 0.15) is 0 Å². The molecule has 0 bridgehead atoms. The minimum Gasteiger partial charge on any atom is -0.230 e. The number of rotatable bonds is 2. The predicted octanol–water partition coefficient (Wildman–Crippen LogP) is 2.03. The summed E-state index contributed by atoms with van der Waals surface area (Å²) in [6.07, 6.45) is 7.13. The summed E-state index contributed by atoms with van der Waals surface area (Å²) in [4.78, 5) is 16.7. The highest BCUT2D eigenvalue weighted by Gasteiger charge is 2.01. The van der Waals surface area contributed by atoms with Gasteiger partial charge in [0.2, 0.25) is 0 Å². The van der Waals surface area contributed by atoms with Crippen LogP contribution in [0.5, 0.6) is 0 Å². The normalized spacial score (nSPS) is 10.3. The summed E-state index contributed by atoms with van der Waals surface area (Å²) in [6.45, 7) is 3.91. The quantitative estimate of drug-likeness (QED) is 0.722. The maximum atomic E-state index is 4.17. The Balaban J connectivity index is 2.15. The van der Waals surface area contributed by atoms with Crippen molar-refractivity contribution in [2.45, 2.75) is 24.2 Å². The van der Waals surface area contributed by atoms with E-state index in [1.165, 1.54) is 11.8 Å². The smallest absolute Gasteiger partial charge is 0.195 e. The molecule has 2 rings (SSSR count). The number of aryl methyl sites for hydroxylation is 2. The molecule has 0 aliphatic heterocycles. The van der Waals surface area contributed by atoms with Crippen molar-refractivity contribution in [1.29, 1.82) is 0 Å². The number of hydrogen-bond donors (Lipinski definition) is 0. The molecule has 4 nitrogen and oxygen atoms in total. The van der Waals surface area contributed by atoms with E-state index in [9.17, 15) is 0 Å². The molecule has 0 aliphatic carbocycles. The number of hydrogen-bond acceptors (Lipinski definition) is 5. The molecule has 2 aromatic heterocycles. The van der Waals surface area contributed by atoms with Gasteiger partial charge in [-0.25, -0.2) is 19.9 Å². The van der Waals surface area contributed by atoms with Crippen LogP contribution in [0, 0.1) is 13.8 Å². The molecule has 0 atom stereocenters. The molecule has 2 aromatic rings. The summed E-state index contributed by atoms with van der Waals surface area (Å²) in [5.41, 5.74) is 2.09. The standard InChI is InChI=1S/C10H10N4S/c1-7-3-11-9(12-4-7)15-10-13-5-8(2)6-14-10/h3-6H,1-2H3. The molecule has 15 heavy (non-hydrogen) atoms. The molecule has 0 saturated heterocycles. The predicted molar refractivity (Wildman–Crippen MR) is 57.7 cm³/mol. The van der Waals surface area contributed by atoms with Crippen LogP contribution in [-0.4, -0.2) is 19.9 Å². The van der Waals surface area contributed by atoms with Crippen LogP contribution in [0.25, 0.3) is 0 Å². The summed E-state index contributed by atoms with van der Waals surface area (Å²) in [5.74, 6) is 0. The molecule has 0 N–H and O–H groups in total. The number of nitrogens with zero attached hydrogens (tertiary/aromatic N) is 4. The van der Waals surface area contributed by atoms with E-state index in [0.29, 0.717) is 10.3 Å². The zero-order valence-electron chi connectivity index (χ0n) is 8.51. The van der Waals surface area contributed by atoms with Gasteiger partial charge >= 0.3 is 0 Å². The van der Waals surface area contributed by atoms with E-state index in [0.717, 1.165) is 11.1 Å². The van der Waals surface area contributed by atoms with Crippen LogP contribution in [0.2, 0.25) is 0 Å². The van der Waals surface area contributed by atoms with Crippen LogP contribution in [0.3, 0.4) is 0 Å². The molecule has 0 amide bonds. The average Bonchev–Trinajstić information content (AvgIpc) is 2.25. The summed E-state index contributed by atoms with van der Waals surface area (Å²) >= 11 is 1.36. The fourth-order valence-corrected chi connectivity index (χ4v) is 1.53. The first kappa shape index (κ1) is 10.0. The highest BCUT2D eigenvalue weighted by atomic mass is 32.2. The Labute approximate surface area is 92.2 Å². The van der Waals surface area contributed by atoms with E-state index in [2.05, 4.69) is 19.9 Å². The molecule has 0 radical (unpaired) electrons. The first-order chi connectivity index (χ1) is 7.24. The third-order valence-corrected chi connectivity index (χ3v) is 2.48. The van der Waals surface area contributed by atoms with Gasteiger partial charge in [-0.05, 0) is 36.7 Å². The minimum absolute atomic E-state index is 0.671. The molecule has 5 heteroatoms. The van der Waals surface area contributed by atoms with Crippen molar-refractivity contribution >= 4 is 11.8 Å². The minimum atomic E-state index is 0.671. The molecule has 0 unspecified atom stereocenters. The maximum absolute atomic E-state index is 4.17. The molecule has 0 aromatic carbocycles. The molecular weight excluding hydrogens is 208 g/mol. The van der Waals surface area contributed by atoms with Crippen molar-refractivity contribution < 1.29 is 0 Å². The Morgan fingerprint density at radius 2 is 1.07 bits per heavy atom. The molecule has 0 aliphatic rings. The lowest BCUT2D eigenvalue weighted by Crippen LogP contribution is -1.90. The van der Waals surface area contributed by atoms with Gasteiger partial charge in [0.15, 0.2) is 10.3 Å². The van der Waals surface area contributed by atoms with Crippen LogP contribution in [0.15, 0.2) is 35.1 Å². The molecule has 0 saturated carbocycles. The van der Waals surface area contributed by atoms with Gasteiger partial charge in [-0.15, -0.1) is 0 Å². The van der Waals surface area contributed by atoms with E-state index >= 15 is 0 Å². The van der Waals surface area contributed by atoms with Gasteiger partial charge in [-0.2, -0.15) is 0 Å². The van der Waals surface area contributed by atoms with Crippen LogP contribution in [0.4, 0.5) is 0 Å². The Morgan fingerprint density at radius 1 is 0.733 bits per heavy atom. The van der Waals surface area contributed by atoms with Gasteiger partial charge < -0.3 is 0 Å². The molecular formula is C10H10N4S. The Kier molecular flexibility index (Phi) is 2.91. The first-order valence-electron chi connectivity index (χ1n) is 4.49. The van der Waals surface area contributed by atoms with Crippen molar-refractivity contribution in [2.24, 2.45) is 0 Å². The second-order valence-corrected chi connectivity index (χ2v) is 4.12. The fourth-order valence-electron chi connectivity index (χ4n) is 0.949. The summed E-state index contributed by atoms with van der Waals surface area (Å²) < 4.78 is 0. The van der Waals surface area contributed by atoms with Crippen molar-refractivity contribution in [3.8, 4) is 0 Å². The van der Waals surface area contributed by atoms with E-state index in [4.69, 9.17) is 0 Å². The second kappa shape index (κ2) is 4.35. The highest BCUT2D eigenvalue weighted by molar-refractivity contribution is 7.99. The average molecular weight is 218 g/mol. The van der Waals surface area contributed by atoms with Crippen LogP contribution < -0.4 is 0 Å². The lowest BCUT2D eigenvalue weighted by atomic mass is 10.4. The topological polar surface area (TPSA) is 51.6 Å². The molecule has 0 fully saturated rings. The monoisotopic (exact) mass is 218 g/mol. The Bertz CT molecular complexity index is 394. The summed E-state index contributed by atoms with van der Waals surface area (Å²) in [5, 5.41) is 1.34. The van der Waals surface area contributed by atoms with Crippen LogP contribution in [0.1, 0.15) is 11.1 Å². The number of aromatic nitrogens is 4. The zero-order chi connectivity index (χ0) is 10.7. The van der Waals surface area contributed by atoms with Crippen molar-refractivity contribution in [3.05, 3.63) is 35.9 Å². The second-order valence-electron chi connectivity index (χ2n) is 3.19. The zero-order valence-corrected chi connectivity index (χ0v) is 9.32. The third kappa shape index (κ3) is 2.73. The van der Waals surface area contributed by atoms with Crippen LogP contribution >= 0.6 is 11.8 Å². The SMILES string of the molecule is Cc1cnc(Sc2ncc(C)cn2)nc1. The molecule has 2 heterocycles. The van der Waals surface area contributed by atoms with E-state index < -0.39 is 0 Å². The van der Waals surface area contributed by atoms with E-state index in [-0.39, 0.29) is 0 Å². The van der Waals surface area contributed by atoms with Crippen molar-refractivity contribution in [2.75, 3.05) is 0 Å². The van der Waals surface area contributed by atoms with Gasteiger partial charge in [0.25, 0.3) is 0 Å². The van der Waals surface area contributed by atoms with Crippen LogP contribution in [-0.2, 0) is 0 Å². The van der Waals surface area contributed by atoms with Gasteiger partial charge in [0.05, 0.1) is 0 Å². The Hall–Kier alpha value is -1.49. The summed E-state index contributed by atoms with van der Waals surface area (Å²) in [7, 11) is 0. The lowest BCUT2D eigenvalue weighted by molar-refractivity contribution is 0.912. The van der Waals surface area contributed by atoms with Crippen molar-refractivity contribution in [3.63, 3.8) is 0 Å². The highest BCUT2D eigenvalue weighted by Crippen LogP contribution is 2.19. The van der Waals surface area contributed by atoms with Gasteiger partial charge in [-0.1, -0.05) is 0 Å². The lowest BCUT2D eigenvalue weighted by Gasteiger charge is -1.98. The first-order valence-corrected chi connectivity index (χ1v) is 5.31. The Morgan fingerprint density at radius 3 is 1.40 bits per heavy atom. The van der Waals surface area contributed by atoms with E-state index in [1.54, 1.807) is 24.8 Å². The maximum Gasteiger partial charge on any atom is 0.195 e.